The van der Waals surface area contributed by atoms with Crippen molar-refractivity contribution in [3.63, 3.8) is 0 Å². The molecule has 0 atom stereocenters. The number of hydrogen-bond donors (Lipinski definition) is 0. The Kier molecular flexibility index (Phi) is 5.41. The maximum Gasteiger partial charge on any atom is 0.269 e. The molecule has 7 heteroatoms. The number of fused-ring (bicyclic) bond motifs is 1. The van der Waals surface area contributed by atoms with Crippen LogP contribution in [-0.2, 0) is 6.61 Å². The van der Waals surface area contributed by atoms with Crippen molar-refractivity contribution < 1.29 is 18.8 Å². The van der Waals surface area contributed by atoms with Crippen LogP contribution in [0.4, 0.5) is 5.69 Å². The highest BCUT2D eigenvalue weighted by Gasteiger charge is 2.17. The summed E-state index contributed by atoms with van der Waals surface area (Å²) in [5, 5.41) is 11.2. The van der Waals surface area contributed by atoms with Crippen LogP contribution in [0.5, 0.6) is 11.5 Å². The number of non-ortho nitro benzene ring substituents is 1. The molecule has 0 N–H and O–H groups in total. The van der Waals surface area contributed by atoms with Crippen molar-refractivity contribution in [2.45, 2.75) is 13.5 Å². The third-order valence-corrected chi connectivity index (χ3v) is 4.97. The molecule has 0 spiro atoms. The van der Waals surface area contributed by atoms with Gasteiger partial charge in [0.1, 0.15) is 29.4 Å². The number of ether oxygens (including phenoxy) is 2. The molecule has 1 heterocycles. The van der Waals surface area contributed by atoms with E-state index in [1.807, 2.05) is 18.2 Å². The summed E-state index contributed by atoms with van der Waals surface area (Å²) in [6, 6.07) is 18.5. The van der Waals surface area contributed by atoms with Crippen LogP contribution in [0.2, 0.25) is 0 Å². The van der Waals surface area contributed by atoms with E-state index in [9.17, 15) is 14.9 Å². The molecule has 0 aliphatic carbocycles. The first kappa shape index (κ1) is 20.2. The lowest BCUT2D eigenvalue weighted by Gasteiger charge is -2.12. The highest BCUT2D eigenvalue weighted by Crippen LogP contribution is 2.32. The maximum absolute atomic E-state index is 13.2. The molecule has 0 amide bonds. The Morgan fingerprint density at radius 1 is 1.03 bits per heavy atom. The molecule has 4 aromatic rings. The Balaban J connectivity index is 1.64. The van der Waals surface area contributed by atoms with Crippen molar-refractivity contribution in [3.05, 3.63) is 98.4 Å². The van der Waals surface area contributed by atoms with Crippen LogP contribution >= 0.6 is 0 Å². The number of nitro benzene ring substituents is 1. The summed E-state index contributed by atoms with van der Waals surface area (Å²) >= 11 is 0. The smallest absolute Gasteiger partial charge is 0.269 e. The molecule has 0 fully saturated rings. The first-order chi connectivity index (χ1) is 15.0. The fraction of sp³-hybridized carbons (Fsp3) is 0.125. The molecule has 0 saturated heterocycles. The Morgan fingerprint density at radius 3 is 2.48 bits per heavy atom. The van der Waals surface area contributed by atoms with Crippen LogP contribution < -0.4 is 14.9 Å². The summed E-state index contributed by atoms with van der Waals surface area (Å²) in [6.45, 7) is 1.97. The van der Waals surface area contributed by atoms with Gasteiger partial charge in [-0.1, -0.05) is 18.2 Å². The molecule has 1 aromatic heterocycles. The number of aryl methyl sites for hydroxylation is 1. The molecule has 31 heavy (non-hydrogen) atoms. The SMILES string of the molecule is COc1ccccc1-c1c(C)oc2cc(OCc3ccc([N+](=O)[O-])cc3)ccc2c1=O. The standard InChI is InChI=1S/C24H19NO6/c1-15-23(19-5-3-4-6-21(19)29-2)24(26)20-12-11-18(13-22(20)31-15)30-14-16-7-9-17(10-8-16)25(27)28/h3-13H,14H2,1-2H3. The zero-order valence-electron chi connectivity index (χ0n) is 17.0. The first-order valence-electron chi connectivity index (χ1n) is 9.55. The van der Waals surface area contributed by atoms with Gasteiger partial charge in [0, 0.05) is 23.8 Å². The molecule has 0 aliphatic heterocycles. The number of nitro groups is 1. The van der Waals surface area contributed by atoms with E-state index in [0.29, 0.717) is 39.4 Å². The lowest BCUT2D eigenvalue weighted by molar-refractivity contribution is -0.384. The van der Waals surface area contributed by atoms with Crippen molar-refractivity contribution >= 4 is 16.7 Å². The summed E-state index contributed by atoms with van der Waals surface area (Å²) < 4.78 is 17.1. The minimum Gasteiger partial charge on any atom is -0.496 e. The van der Waals surface area contributed by atoms with E-state index in [2.05, 4.69) is 0 Å². The molecule has 7 nitrogen and oxygen atoms in total. The van der Waals surface area contributed by atoms with E-state index < -0.39 is 4.92 Å². The van der Waals surface area contributed by atoms with Crippen LogP contribution in [0.1, 0.15) is 11.3 Å². The van der Waals surface area contributed by atoms with E-state index in [1.165, 1.54) is 12.1 Å². The highest BCUT2D eigenvalue weighted by molar-refractivity contribution is 5.85. The van der Waals surface area contributed by atoms with E-state index in [1.54, 1.807) is 50.4 Å². The quantitative estimate of drug-likeness (QED) is 0.314. The van der Waals surface area contributed by atoms with Crippen molar-refractivity contribution in [1.29, 1.82) is 0 Å². The fourth-order valence-corrected chi connectivity index (χ4v) is 3.42. The van der Waals surface area contributed by atoms with Crippen molar-refractivity contribution in [3.8, 4) is 22.6 Å². The summed E-state index contributed by atoms with van der Waals surface area (Å²) in [6.07, 6.45) is 0. The number of rotatable bonds is 6. The average Bonchev–Trinajstić information content (AvgIpc) is 2.78. The molecular weight excluding hydrogens is 398 g/mol. The van der Waals surface area contributed by atoms with Gasteiger partial charge >= 0.3 is 0 Å². The van der Waals surface area contributed by atoms with Gasteiger partial charge in [-0.2, -0.15) is 0 Å². The molecule has 0 bridgehead atoms. The zero-order chi connectivity index (χ0) is 22.0. The van der Waals surface area contributed by atoms with Crippen molar-refractivity contribution in [1.82, 2.24) is 0 Å². The van der Waals surface area contributed by atoms with Crippen LogP contribution in [-0.4, -0.2) is 12.0 Å². The first-order valence-corrected chi connectivity index (χ1v) is 9.55. The molecule has 0 radical (unpaired) electrons. The minimum absolute atomic E-state index is 0.0255. The lowest BCUT2D eigenvalue weighted by atomic mass is 10.0. The molecular formula is C24H19NO6. The second-order valence-electron chi connectivity index (χ2n) is 6.93. The van der Waals surface area contributed by atoms with Gasteiger partial charge in [-0.3, -0.25) is 14.9 Å². The third-order valence-electron chi connectivity index (χ3n) is 4.97. The molecule has 0 saturated carbocycles. The Hall–Kier alpha value is -4.13. The van der Waals surface area contributed by atoms with E-state index in [0.717, 1.165) is 5.56 Å². The van der Waals surface area contributed by atoms with Crippen molar-refractivity contribution in [2.24, 2.45) is 0 Å². The van der Waals surface area contributed by atoms with Gasteiger partial charge in [-0.25, -0.2) is 0 Å². The summed E-state index contributed by atoms with van der Waals surface area (Å²) in [5.41, 5.74) is 2.22. The Morgan fingerprint density at radius 2 is 1.77 bits per heavy atom. The van der Waals surface area contributed by atoms with Gasteiger partial charge in [0.25, 0.3) is 5.69 Å². The number of benzene rings is 3. The van der Waals surface area contributed by atoms with Crippen LogP contribution in [0.25, 0.3) is 22.1 Å². The average molecular weight is 417 g/mol. The maximum atomic E-state index is 13.2. The second-order valence-corrected chi connectivity index (χ2v) is 6.93. The summed E-state index contributed by atoms with van der Waals surface area (Å²) in [4.78, 5) is 23.5. The predicted octanol–water partition coefficient (Wildman–Crippen LogP) is 5.26. The van der Waals surface area contributed by atoms with E-state index in [-0.39, 0.29) is 17.7 Å². The van der Waals surface area contributed by atoms with Gasteiger partial charge in [0.15, 0.2) is 0 Å². The zero-order valence-corrected chi connectivity index (χ0v) is 17.0. The topological polar surface area (TPSA) is 91.8 Å². The largest absolute Gasteiger partial charge is 0.496 e. The van der Waals surface area contributed by atoms with Gasteiger partial charge in [0.05, 0.1) is 23.0 Å². The second kappa shape index (κ2) is 8.31. The monoisotopic (exact) mass is 417 g/mol. The number of hydrogen-bond acceptors (Lipinski definition) is 6. The highest BCUT2D eigenvalue weighted by atomic mass is 16.6. The molecule has 0 aliphatic rings. The number of para-hydroxylation sites is 1. The van der Waals surface area contributed by atoms with Gasteiger partial charge in [-0.15, -0.1) is 0 Å². The van der Waals surface area contributed by atoms with Crippen LogP contribution in [0.3, 0.4) is 0 Å². The molecule has 0 unspecified atom stereocenters. The van der Waals surface area contributed by atoms with E-state index >= 15 is 0 Å². The molecule has 156 valence electrons. The number of nitrogens with zero attached hydrogens (tertiary/aromatic N) is 1. The van der Waals surface area contributed by atoms with Gasteiger partial charge in [-0.05, 0) is 42.8 Å². The predicted molar refractivity (Wildman–Crippen MR) is 117 cm³/mol. The fourth-order valence-electron chi connectivity index (χ4n) is 3.42. The molecule has 4 rings (SSSR count). The lowest BCUT2D eigenvalue weighted by Crippen LogP contribution is -2.08. The summed E-state index contributed by atoms with van der Waals surface area (Å²) in [5.74, 6) is 1.60. The van der Waals surface area contributed by atoms with Gasteiger partial charge < -0.3 is 13.9 Å². The van der Waals surface area contributed by atoms with Gasteiger partial charge in [0.2, 0.25) is 5.43 Å². The number of methoxy groups -OCH3 is 1. The normalized spacial score (nSPS) is 10.8. The van der Waals surface area contributed by atoms with Crippen LogP contribution in [0, 0.1) is 17.0 Å². The molecule has 3 aromatic carbocycles. The Bertz CT molecular complexity index is 1320. The minimum atomic E-state index is -0.447. The van der Waals surface area contributed by atoms with Crippen molar-refractivity contribution in [2.75, 3.05) is 7.11 Å². The van der Waals surface area contributed by atoms with Crippen LogP contribution in [0.15, 0.2) is 75.9 Å². The Labute approximate surface area is 177 Å². The third kappa shape index (κ3) is 3.98. The summed E-state index contributed by atoms with van der Waals surface area (Å²) in [7, 11) is 1.56. The van der Waals surface area contributed by atoms with E-state index in [4.69, 9.17) is 13.9 Å².